The van der Waals surface area contributed by atoms with Crippen LogP contribution in [0.3, 0.4) is 0 Å². The van der Waals surface area contributed by atoms with Crippen LogP contribution in [0.4, 0.5) is 0 Å². The van der Waals surface area contributed by atoms with Crippen LogP contribution in [0, 0.1) is 5.92 Å². The molecule has 0 amide bonds. The lowest BCUT2D eigenvalue weighted by atomic mass is 9.77. The second kappa shape index (κ2) is 4.11. The summed E-state index contributed by atoms with van der Waals surface area (Å²) in [5.74, 6) is -1.15. The lowest BCUT2D eigenvalue weighted by Gasteiger charge is -2.39. The van der Waals surface area contributed by atoms with Gasteiger partial charge >= 0.3 is 11.9 Å². The van der Waals surface area contributed by atoms with E-state index in [-0.39, 0.29) is 5.97 Å². The predicted octanol–water partition coefficient (Wildman–Crippen LogP) is 2.37. The molecule has 1 aliphatic heterocycles. The maximum Gasteiger partial charge on any atom is 0.333 e. The van der Waals surface area contributed by atoms with E-state index >= 15 is 0 Å². The first kappa shape index (κ1) is 13.1. The third-order valence-corrected chi connectivity index (χ3v) is 4.44. The van der Waals surface area contributed by atoms with Crippen LogP contribution in [-0.4, -0.2) is 23.1 Å². The molecule has 2 rings (SSSR count). The van der Waals surface area contributed by atoms with Gasteiger partial charge in [-0.2, -0.15) is 0 Å². The molecule has 2 atom stereocenters. The number of carbonyl (C=O) groups is 2. The molecular weight excluding hydrogens is 232 g/mol. The van der Waals surface area contributed by atoms with Gasteiger partial charge in [0, 0.05) is 5.57 Å². The van der Waals surface area contributed by atoms with E-state index in [9.17, 15) is 9.59 Å². The van der Waals surface area contributed by atoms with Gasteiger partial charge in [-0.3, -0.25) is 4.79 Å². The van der Waals surface area contributed by atoms with Crippen LogP contribution in [0.1, 0.15) is 46.5 Å². The minimum absolute atomic E-state index is 0.270. The molecule has 18 heavy (non-hydrogen) atoms. The molecule has 4 nitrogen and oxygen atoms in total. The highest BCUT2D eigenvalue weighted by atomic mass is 16.6. The Balaban J connectivity index is 2.33. The Bertz CT molecular complexity index is 406. The lowest BCUT2D eigenvalue weighted by Crippen LogP contribution is -2.53. The van der Waals surface area contributed by atoms with Gasteiger partial charge in [-0.15, -0.1) is 0 Å². The fraction of sp³-hybridized carbons (Fsp3) is 0.714. The molecule has 1 spiro atoms. The molecule has 0 N–H and O–H groups in total. The molecule has 0 aromatic carbocycles. The molecule has 1 saturated carbocycles. The summed E-state index contributed by atoms with van der Waals surface area (Å²) in [5, 5.41) is 0. The van der Waals surface area contributed by atoms with Crippen molar-refractivity contribution in [2.75, 3.05) is 0 Å². The minimum Gasteiger partial charge on any atom is -0.454 e. The highest BCUT2D eigenvalue weighted by Crippen LogP contribution is 2.52. The van der Waals surface area contributed by atoms with E-state index in [0.29, 0.717) is 5.57 Å². The fourth-order valence-electron chi connectivity index (χ4n) is 3.01. The molecule has 2 fully saturated rings. The van der Waals surface area contributed by atoms with Gasteiger partial charge in [-0.25, -0.2) is 4.79 Å². The Morgan fingerprint density at radius 3 is 2.50 bits per heavy atom. The van der Waals surface area contributed by atoms with Crippen LogP contribution in [0.2, 0.25) is 0 Å². The molecule has 2 unspecified atom stereocenters. The van der Waals surface area contributed by atoms with Crippen molar-refractivity contribution >= 4 is 11.9 Å². The smallest absolute Gasteiger partial charge is 0.333 e. The lowest BCUT2D eigenvalue weighted by molar-refractivity contribution is -0.179. The van der Waals surface area contributed by atoms with Gasteiger partial charge in [0.25, 0.3) is 0 Å². The number of hydrogen-bond acceptors (Lipinski definition) is 4. The summed E-state index contributed by atoms with van der Waals surface area (Å²) in [6.45, 7) is 8.77. The SMILES string of the molecule is C=C(C)C(=O)OC1(C)C(C)C(=O)OC12CCCC2. The molecule has 0 aromatic rings. The molecule has 0 aromatic heterocycles. The molecule has 4 heteroatoms. The van der Waals surface area contributed by atoms with Crippen LogP contribution >= 0.6 is 0 Å². The normalized spacial score (nSPS) is 33.5. The molecular formula is C14H20O4. The van der Waals surface area contributed by atoms with E-state index in [1.54, 1.807) is 13.8 Å². The zero-order chi connectivity index (χ0) is 13.6. The van der Waals surface area contributed by atoms with Crippen LogP contribution < -0.4 is 0 Å². The van der Waals surface area contributed by atoms with Crippen molar-refractivity contribution in [3.05, 3.63) is 12.2 Å². The molecule has 1 heterocycles. The first-order valence-electron chi connectivity index (χ1n) is 6.44. The standard InChI is InChI=1S/C14H20O4/c1-9(2)11(15)17-13(4)10(3)12(16)18-14(13)7-5-6-8-14/h10H,1,5-8H2,2-4H3. The van der Waals surface area contributed by atoms with Gasteiger partial charge in [0.05, 0.1) is 5.92 Å². The van der Waals surface area contributed by atoms with Crippen molar-refractivity contribution in [3.63, 3.8) is 0 Å². The van der Waals surface area contributed by atoms with Crippen molar-refractivity contribution in [1.29, 1.82) is 0 Å². The number of rotatable bonds is 2. The summed E-state index contributed by atoms with van der Waals surface area (Å²) in [6, 6.07) is 0. The van der Waals surface area contributed by atoms with Crippen LogP contribution in [0.25, 0.3) is 0 Å². The first-order valence-corrected chi connectivity index (χ1v) is 6.44. The van der Waals surface area contributed by atoms with Crippen molar-refractivity contribution in [2.45, 2.75) is 57.7 Å². The maximum atomic E-state index is 11.9. The van der Waals surface area contributed by atoms with Crippen molar-refractivity contribution in [2.24, 2.45) is 5.92 Å². The Morgan fingerprint density at radius 2 is 2.00 bits per heavy atom. The number of esters is 2. The number of hydrogen-bond donors (Lipinski definition) is 0. The minimum atomic E-state index is -0.878. The van der Waals surface area contributed by atoms with Crippen LogP contribution in [0.5, 0.6) is 0 Å². The van der Waals surface area contributed by atoms with E-state index in [0.717, 1.165) is 25.7 Å². The second-order valence-corrected chi connectivity index (χ2v) is 5.62. The van der Waals surface area contributed by atoms with Gasteiger partial charge in [0.15, 0.2) is 11.2 Å². The highest BCUT2D eigenvalue weighted by Gasteiger charge is 2.65. The quantitative estimate of drug-likeness (QED) is 0.559. The van der Waals surface area contributed by atoms with Crippen molar-refractivity contribution < 1.29 is 19.1 Å². The molecule has 2 aliphatic rings. The summed E-state index contributed by atoms with van der Waals surface area (Å²) >= 11 is 0. The summed E-state index contributed by atoms with van der Waals surface area (Å²) in [4.78, 5) is 23.7. The Labute approximate surface area is 107 Å². The summed E-state index contributed by atoms with van der Waals surface area (Å²) in [5.41, 5.74) is -1.17. The maximum absolute atomic E-state index is 11.9. The van der Waals surface area contributed by atoms with Gasteiger partial charge in [-0.05, 0) is 46.5 Å². The zero-order valence-corrected chi connectivity index (χ0v) is 11.2. The van der Waals surface area contributed by atoms with E-state index in [2.05, 4.69) is 6.58 Å². The van der Waals surface area contributed by atoms with Crippen molar-refractivity contribution in [3.8, 4) is 0 Å². The zero-order valence-electron chi connectivity index (χ0n) is 11.2. The number of ether oxygens (including phenoxy) is 2. The summed E-state index contributed by atoms with van der Waals surface area (Å²) < 4.78 is 11.2. The average molecular weight is 252 g/mol. The highest BCUT2D eigenvalue weighted by molar-refractivity contribution is 5.88. The predicted molar refractivity (Wildman–Crippen MR) is 65.8 cm³/mol. The molecule has 1 aliphatic carbocycles. The summed E-state index contributed by atoms with van der Waals surface area (Å²) in [6.07, 6.45) is 3.53. The third-order valence-electron chi connectivity index (χ3n) is 4.44. The molecule has 1 saturated heterocycles. The molecule has 100 valence electrons. The Morgan fingerprint density at radius 1 is 1.44 bits per heavy atom. The van der Waals surface area contributed by atoms with E-state index in [4.69, 9.17) is 9.47 Å². The second-order valence-electron chi connectivity index (χ2n) is 5.62. The van der Waals surface area contributed by atoms with Crippen molar-refractivity contribution in [1.82, 2.24) is 0 Å². The van der Waals surface area contributed by atoms with E-state index in [1.165, 1.54) is 0 Å². The van der Waals surface area contributed by atoms with Gasteiger partial charge in [0.2, 0.25) is 0 Å². The Hall–Kier alpha value is -1.32. The van der Waals surface area contributed by atoms with Crippen LogP contribution in [-0.2, 0) is 19.1 Å². The van der Waals surface area contributed by atoms with Gasteiger partial charge in [-0.1, -0.05) is 6.58 Å². The monoisotopic (exact) mass is 252 g/mol. The first-order chi connectivity index (χ1) is 8.32. The van der Waals surface area contributed by atoms with E-state index in [1.807, 2.05) is 6.92 Å². The van der Waals surface area contributed by atoms with Gasteiger partial charge in [0.1, 0.15) is 0 Å². The Kier molecular flexibility index (Phi) is 2.99. The number of carbonyl (C=O) groups excluding carboxylic acids is 2. The third kappa shape index (κ3) is 1.66. The largest absolute Gasteiger partial charge is 0.454 e. The van der Waals surface area contributed by atoms with Crippen LogP contribution in [0.15, 0.2) is 12.2 Å². The topological polar surface area (TPSA) is 52.6 Å². The fourth-order valence-corrected chi connectivity index (χ4v) is 3.01. The van der Waals surface area contributed by atoms with Gasteiger partial charge < -0.3 is 9.47 Å². The summed E-state index contributed by atoms with van der Waals surface area (Å²) in [7, 11) is 0. The van der Waals surface area contributed by atoms with E-state index < -0.39 is 23.1 Å². The molecule has 0 bridgehead atoms. The average Bonchev–Trinajstić information content (AvgIpc) is 2.82. The molecule has 0 radical (unpaired) electrons.